The van der Waals surface area contributed by atoms with Crippen molar-refractivity contribution in [2.45, 2.75) is 69.2 Å². The zero-order valence-corrected chi connectivity index (χ0v) is 20.6. The lowest BCUT2D eigenvalue weighted by Gasteiger charge is -2.38. The van der Waals surface area contributed by atoms with Gasteiger partial charge in [-0.05, 0) is 56.6 Å². The van der Waals surface area contributed by atoms with Crippen LogP contribution in [0.25, 0.3) is 10.9 Å². The summed E-state index contributed by atoms with van der Waals surface area (Å²) in [6.07, 6.45) is 7.94. The summed E-state index contributed by atoms with van der Waals surface area (Å²) >= 11 is 0. The minimum absolute atomic E-state index is 0.00292. The van der Waals surface area contributed by atoms with Crippen molar-refractivity contribution in [3.8, 4) is 0 Å². The third-order valence-corrected chi connectivity index (χ3v) is 7.61. The fraction of sp³-hybridized carbons (Fsp3) is 0.630. The molecule has 3 fully saturated rings. The zero-order valence-electron chi connectivity index (χ0n) is 20.6. The summed E-state index contributed by atoms with van der Waals surface area (Å²) in [4.78, 5) is 32.3. The Kier molecular flexibility index (Phi) is 7.70. The fourth-order valence-electron chi connectivity index (χ4n) is 5.71. The Labute approximate surface area is 207 Å². The molecule has 0 radical (unpaired) electrons. The highest BCUT2D eigenvalue weighted by Crippen LogP contribution is 2.40. The summed E-state index contributed by atoms with van der Waals surface area (Å²) in [5.41, 5.74) is 2.28. The van der Waals surface area contributed by atoms with Crippen molar-refractivity contribution < 1.29 is 19.1 Å². The van der Waals surface area contributed by atoms with Gasteiger partial charge in [-0.3, -0.25) is 9.59 Å². The number of rotatable bonds is 10. The number of hydrogen-bond donors (Lipinski definition) is 3. The minimum Gasteiger partial charge on any atom is -0.385 e. The summed E-state index contributed by atoms with van der Waals surface area (Å²) in [7, 11) is 1.73. The summed E-state index contributed by atoms with van der Waals surface area (Å²) < 4.78 is 10.9. The van der Waals surface area contributed by atoms with Crippen LogP contribution in [-0.2, 0) is 19.1 Å². The number of carbonyl (C=O) groups is 2. The summed E-state index contributed by atoms with van der Waals surface area (Å²) in [5.74, 6) is -0.00396. The van der Waals surface area contributed by atoms with E-state index in [0.29, 0.717) is 32.7 Å². The molecule has 4 atom stereocenters. The molecular weight excluding hydrogens is 444 g/mol. The van der Waals surface area contributed by atoms with Crippen molar-refractivity contribution in [2.75, 3.05) is 33.4 Å². The van der Waals surface area contributed by atoms with E-state index in [4.69, 9.17) is 9.47 Å². The highest BCUT2D eigenvalue weighted by atomic mass is 16.5. The average Bonchev–Trinajstić information content (AvgIpc) is 3.38. The van der Waals surface area contributed by atoms with Crippen molar-refractivity contribution >= 4 is 22.7 Å². The van der Waals surface area contributed by atoms with Gasteiger partial charge in [-0.15, -0.1) is 0 Å². The van der Waals surface area contributed by atoms with Gasteiger partial charge >= 0.3 is 0 Å². The number of hydrogen-bond acceptors (Lipinski definition) is 5. The van der Waals surface area contributed by atoms with E-state index in [9.17, 15) is 9.59 Å². The second-order valence-corrected chi connectivity index (χ2v) is 10.2. The van der Waals surface area contributed by atoms with Gasteiger partial charge in [0.25, 0.3) is 0 Å². The Morgan fingerprint density at radius 1 is 1.23 bits per heavy atom. The number of aromatic amines is 1. The second-order valence-electron chi connectivity index (χ2n) is 10.2. The van der Waals surface area contributed by atoms with Crippen molar-refractivity contribution in [3.05, 3.63) is 36.0 Å². The van der Waals surface area contributed by atoms with Crippen LogP contribution in [0, 0.1) is 5.92 Å². The van der Waals surface area contributed by atoms with Gasteiger partial charge in [-0.1, -0.05) is 18.2 Å². The molecule has 3 aliphatic rings. The molecule has 2 unspecified atom stereocenters. The van der Waals surface area contributed by atoms with Crippen LogP contribution >= 0.6 is 0 Å². The van der Waals surface area contributed by atoms with E-state index in [-0.39, 0.29) is 42.0 Å². The number of para-hydroxylation sites is 1. The van der Waals surface area contributed by atoms with Gasteiger partial charge in [0.2, 0.25) is 11.8 Å². The number of carbonyl (C=O) groups excluding carboxylic acids is 2. The maximum atomic E-state index is 14.1. The molecule has 2 aliphatic heterocycles. The number of amides is 2. The number of nitrogens with one attached hydrogen (secondary N) is 3. The number of aromatic nitrogens is 1. The van der Waals surface area contributed by atoms with Gasteiger partial charge in [0.15, 0.2) is 0 Å². The standard InChI is InChI=1S/C27H38N4O4/c1-34-12-4-8-24(22-17-29-23-7-3-2-6-21(22)23)31(20-10-11-20)27(33)18-14-19(16-28-15-18)30-26(32)25-9-5-13-35-25/h2-3,6-7,17-20,24-25,28-29H,4-5,8-16H2,1H3,(H,30,32)/t18-,19-,24?,25?/m0/s1. The summed E-state index contributed by atoms with van der Waals surface area (Å²) in [5, 5.41) is 7.71. The van der Waals surface area contributed by atoms with Crippen molar-refractivity contribution in [1.82, 2.24) is 20.5 Å². The van der Waals surface area contributed by atoms with E-state index < -0.39 is 0 Å². The van der Waals surface area contributed by atoms with Crippen LogP contribution < -0.4 is 10.6 Å². The molecule has 8 heteroatoms. The molecule has 1 aliphatic carbocycles. The third-order valence-electron chi connectivity index (χ3n) is 7.61. The van der Waals surface area contributed by atoms with Gasteiger partial charge in [0, 0.05) is 62.6 Å². The Morgan fingerprint density at radius 3 is 2.86 bits per heavy atom. The second kappa shape index (κ2) is 11.1. The van der Waals surface area contributed by atoms with Crippen LogP contribution in [0.1, 0.15) is 56.6 Å². The number of benzene rings is 1. The predicted molar refractivity (Wildman–Crippen MR) is 134 cm³/mol. The first kappa shape index (κ1) is 24.3. The molecule has 0 spiro atoms. The number of H-pyrrole nitrogens is 1. The lowest BCUT2D eigenvalue weighted by molar-refractivity contribution is -0.140. The van der Waals surface area contributed by atoms with E-state index >= 15 is 0 Å². The summed E-state index contributed by atoms with van der Waals surface area (Å²) in [6.45, 7) is 2.66. The maximum absolute atomic E-state index is 14.1. The molecule has 1 saturated carbocycles. The lowest BCUT2D eigenvalue weighted by atomic mass is 9.91. The van der Waals surface area contributed by atoms with Crippen molar-refractivity contribution in [3.63, 3.8) is 0 Å². The Balaban J connectivity index is 1.34. The summed E-state index contributed by atoms with van der Waals surface area (Å²) in [6, 6.07) is 8.54. The molecule has 1 aromatic carbocycles. The van der Waals surface area contributed by atoms with E-state index in [0.717, 1.165) is 44.0 Å². The number of fused-ring (bicyclic) bond motifs is 1. The first-order chi connectivity index (χ1) is 17.2. The number of ether oxygens (including phenoxy) is 2. The zero-order chi connectivity index (χ0) is 24.2. The molecule has 5 rings (SSSR count). The van der Waals surface area contributed by atoms with Gasteiger partial charge in [0.1, 0.15) is 6.10 Å². The first-order valence-electron chi connectivity index (χ1n) is 13.2. The van der Waals surface area contributed by atoms with Gasteiger partial charge in [-0.25, -0.2) is 0 Å². The van der Waals surface area contributed by atoms with E-state index in [1.54, 1.807) is 7.11 Å². The molecule has 1 aromatic heterocycles. The van der Waals surface area contributed by atoms with Crippen LogP contribution in [0.3, 0.4) is 0 Å². The number of nitrogens with zero attached hydrogens (tertiary/aromatic N) is 1. The molecule has 0 bridgehead atoms. The van der Waals surface area contributed by atoms with Crippen LogP contribution in [0.5, 0.6) is 0 Å². The molecular formula is C27H38N4O4. The fourth-order valence-corrected chi connectivity index (χ4v) is 5.71. The van der Waals surface area contributed by atoms with E-state index in [2.05, 4.69) is 44.9 Å². The number of methoxy groups -OCH3 is 1. The lowest BCUT2D eigenvalue weighted by Crippen LogP contribution is -2.54. The van der Waals surface area contributed by atoms with Crippen molar-refractivity contribution in [2.24, 2.45) is 5.92 Å². The maximum Gasteiger partial charge on any atom is 0.249 e. The Morgan fingerprint density at radius 2 is 2.09 bits per heavy atom. The first-order valence-corrected chi connectivity index (χ1v) is 13.2. The monoisotopic (exact) mass is 482 g/mol. The SMILES string of the molecule is COCCCC(c1c[nH]c2ccccc12)N(C(=O)[C@@H]1CNC[C@@H](NC(=O)C2CCCO2)C1)C1CC1. The molecule has 2 aromatic rings. The molecule has 2 saturated heterocycles. The smallest absolute Gasteiger partial charge is 0.249 e. The predicted octanol–water partition coefficient (Wildman–Crippen LogP) is 2.90. The third kappa shape index (κ3) is 5.55. The minimum atomic E-state index is -0.346. The Hall–Kier alpha value is -2.42. The van der Waals surface area contributed by atoms with Crippen LogP contribution in [-0.4, -0.2) is 73.3 Å². The highest BCUT2D eigenvalue weighted by Gasteiger charge is 2.42. The molecule has 8 nitrogen and oxygen atoms in total. The largest absolute Gasteiger partial charge is 0.385 e. The van der Waals surface area contributed by atoms with Crippen LogP contribution in [0.15, 0.2) is 30.5 Å². The number of piperidine rings is 1. The molecule has 3 N–H and O–H groups in total. The topological polar surface area (TPSA) is 95.7 Å². The quantitative estimate of drug-likeness (QED) is 0.453. The van der Waals surface area contributed by atoms with Gasteiger partial charge in [0.05, 0.1) is 12.0 Å². The normalized spacial score (nSPS) is 25.5. The molecule has 190 valence electrons. The van der Waals surface area contributed by atoms with Crippen molar-refractivity contribution in [1.29, 1.82) is 0 Å². The average molecular weight is 483 g/mol. The molecule has 3 heterocycles. The Bertz CT molecular complexity index is 1010. The van der Waals surface area contributed by atoms with Gasteiger partial charge < -0.3 is 30.0 Å². The van der Waals surface area contributed by atoms with E-state index in [1.165, 1.54) is 10.9 Å². The molecule has 35 heavy (non-hydrogen) atoms. The highest BCUT2D eigenvalue weighted by molar-refractivity contribution is 5.86. The van der Waals surface area contributed by atoms with Crippen LogP contribution in [0.2, 0.25) is 0 Å². The van der Waals surface area contributed by atoms with E-state index in [1.807, 2.05) is 6.07 Å². The van der Waals surface area contributed by atoms with Crippen LogP contribution in [0.4, 0.5) is 0 Å². The van der Waals surface area contributed by atoms with Gasteiger partial charge in [-0.2, -0.15) is 0 Å². The molecule has 2 amide bonds.